The van der Waals surface area contributed by atoms with Gasteiger partial charge in [-0.2, -0.15) is 5.10 Å². The third kappa shape index (κ3) is 5.23. The third-order valence-corrected chi connectivity index (χ3v) is 4.79. The van der Waals surface area contributed by atoms with Gasteiger partial charge in [0.1, 0.15) is 17.0 Å². The molecule has 1 N–H and O–H groups in total. The van der Waals surface area contributed by atoms with Crippen molar-refractivity contribution in [3.05, 3.63) is 30.9 Å². The zero-order valence-corrected chi connectivity index (χ0v) is 18.6. The van der Waals surface area contributed by atoms with Gasteiger partial charge in [-0.3, -0.25) is 9.72 Å². The van der Waals surface area contributed by atoms with Gasteiger partial charge in [0.15, 0.2) is 5.82 Å². The SMILES string of the molecule is COc1cc2ncc(-n3cc(NC(=O)OC(C)(C)C)cn3)n2cc1SC(C)(C)C. The second-order valence-electron chi connectivity index (χ2n) is 8.57. The lowest BCUT2D eigenvalue weighted by molar-refractivity contribution is 0.0636. The molecule has 0 fully saturated rings. The van der Waals surface area contributed by atoms with Crippen LogP contribution in [0.15, 0.2) is 35.7 Å². The lowest BCUT2D eigenvalue weighted by Crippen LogP contribution is -2.27. The number of rotatable bonds is 4. The van der Waals surface area contributed by atoms with E-state index in [-0.39, 0.29) is 4.75 Å². The Morgan fingerprint density at radius 3 is 2.48 bits per heavy atom. The van der Waals surface area contributed by atoms with Crippen LogP contribution in [0.5, 0.6) is 5.75 Å². The number of pyridine rings is 1. The number of nitrogens with zero attached hydrogens (tertiary/aromatic N) is 4. The third-order valence-electron chi connectivity index (χ3n) is 3.65. The summed E-state index contributed by atoms with van der Waals surface area (Å²) in [7, 11) is 1.66. The standard InChI is InChI=1S/C20H27N5O3S/c1-19(2,3)28-18(26)23-13-9-22-25(11-13)17-10-21-16-8-14(27-7)15(12-24(16)17)29-20(4,5)6/h8-12H,1-7H3,(H,23,26). The monoisotopic (exact) mass is 417 g/mol. The number of methoxy groups -OCH3 is 1. The molecule has 0 aliphatic heterocycles. The summed E-state index contributed by atoms with van der Waals surface area (Å²) < 4.78 is 14.5. The molecule has 8 nitrogen and oxygen atoms in total. The van der Waals surface area contributed by atoms with E-state index in [1.807, 2.05) is 37.4 Å². The van der Waals surface area contributed by atoms with Gasteiger partial charge in [0.25, 0.3) is 0 Å². The molecule has 0 atom stereocenters. The van der Waals surface area contributed by atoms with Gasteiger partial charge in [-0.25, -0.2) is 14.5 Å². The molecule has 0 aliphatic rings. The van der Waals surface area contributed by atoms with Gasteiger partial charge in [0.05, 0.1) is 36.3 Å². The average molecular weight is 418 g/mol. The fourth-order valence-electron chi connectivity index (χ4n) is 2.64. The van der Waals surface area contributed by atoms with Crippen molar-refractivity contribution in [3.8, 4) is 11.6 Å². The van der Waals surface area contributed by atoms with E-state index in [0.29, 0.717) is 5.69 Å². The summed E-state index contributed by atoms with van der Waals surface area (Å²) in [6.45, 7) is 11.9. The number of ether oxygens (including phenoxy) is 2. The van der Waals surface area contributed by atoms with Crippen LogP contribution >= 0.6 is 11.8 Å². The molecule has 9 heteroatoms. The molecule has 0 saturated heterocycles. The number of imidazole rings is 1. The van der Waals surface area contributed by atoms with Crippen molar-refractivity contribution in [2.24, 2.45) is 0 Å². The minimum atomic E-state index is -0.568. The number of thioether (sulfide) groups is 1. The van der Waals surface area contributed by atoms with Crippen LogP contribution in [0.1, 0.15) is 41.5 Å². The smallest absolute Gasteiger partial charge is 0.412 e. The number of hydrogen-bond acceptors (Lipinski definition) is 6. The van der Waals surface area contributed by atoms with E-state index in [9.17, 15) is 4.79 Å². The highest BCUT2D eigenvalue weighted by atomic mass is 32.2. The van der Waals surface area contributed by atoms with Crippen molar-refractivity contribution in [3.63, 3.8) is 0 Å². The van der Waals surface area contributed by atoms with Crippen molar-refractivity contribution >= 4 is 29.2 Å². The van der Waals surface area contributed by atoms with Crippen LogP contribution in [-0.4, -0.2) is 42.7 Å². The van der Waals surface area contributed by atoms with Gasteiger partial charge in [-0.1, -0.05) is 20.8 Å². The van der Waals surface area contributed by atoms with Crippen LogP contribution in [0, 0.1) is 0 Å². The first-order chi connectivity index (χ1) is 13.4. The fourth-order valence-corrected chi connectivity index (χ4v) is 3.70. The number of aromatic nitrogens is 4. The van der Waals surface area contributed by atoms with Crippen LogP contribution in [0.4, 0.5) is 10.5 Å². The summed E-state index contributed by atoms with van der Waals surface area (Å²) in [5.74, 6) is 1.53. The first-order valence-electron chi connectivity index (χ1n) is 9.24. The lowest BCUT2D eigenvalue weighted by atomic mass is 10.2. The molecular weight excluding hydrogens is 390 g/mol. The maximum Gasteiger partial charge on any atom is 0.412 e. The van der Waals surface area contributed by atoms with E-state index in [1.54, 1.807) is 42.1 Å². The first-order valence-corrected chi connectivity index (χ1v) is 10.1. The van der Waals surface area contributed by atoms with Crippen LogP contribution < -0.4 is 10.1 Å². The Balaban J connectivity index is 1.91. The number of carbonyl (C=O) groups is 1. The number of anilines is 1. The van der Waals surface area contributed by atoms with E-state index in [4.69, 9.17) is 9.47 Å². The highest BCUT2D eigenvalue weighted by Gasteiger charge is 2.19. The van der Waals surface area contributed by atoms with E-state index >= 15 is 0 Å². The van der Waals surface area contributed by atoms with Crippen molar-refractivity contribution in [1.29, 1.82) is 0 Å². The predicted molar refractivity (Wildman–Crippen MR) is 114 cm³/mol. The van der Waals surface area contributed by atoms with Crippen LogP contribution in [0.2, 0.25) is 0 Å². The number of carbonyl (C=O) groups excluding carboxylic acids is 1. The van der Waals surface area contributed by atoms with Crippen LogP contribution in [0.25, 0.3) is 11.5 Å². The van der Waals surface area contributed by atoms with Crippen molar-refractivity contribution < 1.29 is 14.3 Å². The molecule has 0 saturated carbocycles. The minimum absolute atomic E-state index is 0.0257. The van der Waals surface area contributed by atoms with Gasteiger partial charge >= 0.3 is 6.09 Å². The summed E-state index contributed by atoms with van der Waals surface area (Å²) in [5, 5.41) is 7.04. The molecular formula is C20H27N5O3S. The van der Waals surface area contributed by atoms with E-state index in [0.717, 1.165) is 22.1 Å². The molecule has 0 aromatic carbocycles. The van der Waals surface area contributed by atoms with E-state index in [2.05, 4.69) is 36.2 Å². The second kappa shape index (κ2) is 7.62. The quantitative estimate of drug-likeness (QED) is 0.616. The zero-order valence-electron chi connectivity index (χ0n) is 17.8. The molecule has 0 unspecified atom stereocenters. The lowest BCUT2D eigenvalue weighted by Gasteiger charge is -2.19. The summed E-state index contributed by atoms with van der Waals surface area (Å²) >= 11 is 1.72. The molecule has 0 spiro atoms. The summed E-state index contributed by atoms with van der Waals surface area (Å²) in [4.78, 5) is 17.4. The Morgan fingerprint density at radius 1 is 1.14 bits per heavy atom. The molecule has 0 aliphatic carbocycles. The molecule has 156 valence electrons. The molecule has 0 bridgehead atoms. The zero-order chi connectivity index (χ0) is 21.4. The molecule has 3 rings (SSSR count). The number of amides is 1. The second-order valence-corrected chi connectivity index (χ2v) is 10.4. The summed E-state index contributed by atoms with van der Waals surface area (Å²) in [6.07, 6.45) is 6.48. The molecule has 3 aromatic rings. The number of nitrogens with one attached hydrogen (secondary N) is 1. The van der Waals surface area contributed by atoms with Gasteiger partial charge in [-0.05, 0) is 20.8 Å². The van der Waals surface area contributed by atoms with Gasteiger partial charge < -0.3 is 9.47 Å². The molecule has 0 radical (unpaired) electrons. The largest absolute Gasteiger partial charge is 0.495 e. The first kappa shape index (κ1) is 21.0. The van der Waals surface area contributed by atoms with Crippen molar-refractivity contribution in [2.75, 3.05) is 12.4 Å². The fraction of sp³-hybridized carbons (Fsp3) is 0.450. The Kier molecular flexibility index (Phi) is 5.53. The maximum absolute atomic E-state index is 12.0. The Morgan fingerprint density at radius 2 is 1.86 bits per heavy atom. The predicted octanol–water partition coefficient (Wildman–Crippen LogP) is 4.77. The Bertz CT molecular complexity index is 1030. The maximum atomic E-state index is 12.0. The van der Waals surface area contributed by atoms with Crippen molar-refractivity contribution in [1.82, 2.24) is 19.2 Å². The Labute approximate surface area is 174 Å². The molecule has 29 heavy (non-hydrogen) atoms. The highest BCUT2D eigenvalue weighted by Crippen LogP contribution is 2.38. The summed E-state index contributed by atoms with van der Waals surface area (Å²) in [6, 6.07) is 1.90. The number of hydrogen-bond donors (Lipinski definition) is 1. The summed E-state index contributed by atoms with van der Waals surface area (Å²) in [5.41, 5.74) is 0.710. The number of fused-ring (bicyclic) bond motifs is 1. The van der Waals surface area contributed by atoms with E-state index < -0.39 is 11.7 Å². The molecule has 3 aromatic heterocycles. The van der Waals surface area contributed by atoms with Crippen molar-refractivity contribution in [2.45, 2.75) is 56.8 Å². The topological polar surface area (TPSA) is 82.7 Å². The van der Waals surface area contributed by atoms with E-state index in [1.165, 1.54) is 0 Å². The highest BCUT2D eigenvalue weighted by molar-refractivity contribution is 8.00. The van der Waals surface area contributed by atoms with Gasteiger partial charge in [0, 0.05) is 17.0 Å². The average Bonchev–Trinajstić information content (AvgIpc) is 3.16. The van der Waals surface area contributed by atoms with Crippen LogP contribution in [-0.2, 0) is 4.74 Å². The molecule has 1 amide bonds. The minimum Gasteiger partial charge on any atom is -0.495 e. The van der Waals surface area contributed by atoms with Gasteiger partial charge in [0.2, 0.25) is 0 Å². The molecule has 3 heterocycles. The van der Waals surface area contributed by atoms with Gasteiger partial charge in [-0.15, -0.1) is 11.8 Å². The Hall–Kier alpha value is -2.68. The normalized spacial score (nSPS) is 12.2. The van der Waals surface area contributed by atoms with Crippen LogP contribution in [0.3, 0.4) is 0 Å².